The number of benzene rings is 1. The third-order valence-electron chi connectivity index (χ3n) is 2.00. The van der Waals surface area contributed by atoms with E-state index in [1.807, 2.05) is 23.6 Å². The van der Waals surface area contributed by atoms with E-state index in [2.05, 4.69) is 36.8 Å². The van der Waals surface area contributed by atoms with Gasteiger partial charge in [0.1, 0.15) is 17.4 Å². The van der Waals surface area contributed by atoms with E-state index in [9.17, 15) is 0 Å². The number of aromatic nitrogens is 1. The summed E-state index contributed by atoms with van der Waals surface area (Å²) in [6, 6.07) is 5.73. The first-order valence-electron chi connectivity index (χ1n) is 4.81. The van der Waals surface area contributed by atoms with Gasteiger partial charge in [-0.25, -0.2) is 4.98 Å². The molecular weight excluding hydrogens is 370 g/mol. The maximum atomic E-state index is 8.91. The molecule has 6 heteroatoms. The van der Waals surface area contributed by atoms with E-state index in [1.165, 1.54) is 11.3 Å². The van der Waals surface area contributed by atoms with Crippen LogP contribution >= 0.6 is 43.2 Å². The average molecular weight is 379 g/mol. The Balaban J connectivity index is 2.02. The Morgan fingerprint density at radius 1 is 1.35 bits per heavy atom. The predicted octanol–water partition coefficient (Wildman–Crippen LogP) is 3.74. The zero-order chi connectivity index (χ0) is 12.3. The lowest BCUT2D eigenvalue weighted by Gasteiger charge is -2.06. The van der Waals surface area contributed by atoms with E-state index < -0.39 is 0 Å². The second-order valence-electron chi connectivity index (χ2n) is 3.25. The van der Waals surface area contributed by atoms with Crippen LogP contribution in [0, 0.1) is 0 Å². The van der Waals surface area contributed by atoms with Crippen molar-refractivity contribution >= 4 is 43.2 Å². The monoisotopic (exact) mass is 377 g/mol. The first-order valence-corrected chi connectivity index (χ1v) is 7.27. The molecule has 0 spiro atoms. The molecule has 0 bridgehead atoms. The van der Waals surface area contributed by atoms with Crippen LogP contribution in [0.5, 0.6) is 5.75 Å². The van der Waals surface area contributed by atoms with Crippen molar-refractivity contribution in [2.75, 3.05) is 0 Å². The Kier molecular flexibility index (Phi) is 4.55. The molecule has 0 unspecified atom stereocenters. The SMILES string of the molecule is OCc1nc(COc2ccc(Br)cc2Br)cs1. The van der Waals surface area contributed by atoms with Gasteiger partial charge in [-0.2, -0.15) is 0 Å². The highest BCUT2D eigenvalue weighted by molar-refractivity contribution is 9.11. The highest BCUT2D eigenvalue weighted by Gasteiger charge is 2.05. The summed E-state index contributed by atoms with van der Waals surface area (Å²) in [4.78, 5) is 4.21. The standard InChI is InChI=1S/C11H9Br2NO2S/c12-7-1-2-10(9(13)3-7)16-5-8-6-17-11(4-15)14-8/h1-3,6,15H,4-5H2. The molecule has 0 radical (unpaired) electrons. The van der Waals surface area contributed by atoms with Gasteiger partial charge in [-0.15, -0.1) is 11.3 Å². The number of ether oxygens (including phenoxy) is 1. The largest absolute Gasteiger partial charge is 0.486 e. The zero-order valence-electron chi connectivity index (χ0n) is 8.69. The molecule has 0 aliphatic heterocycles. The molecule has 1 N–H and O–H groups in total. The van der Waals surface area contributed by atoms with E-state index in [1.54, 1.807) is 0 Å². The van der Waals surface area contributed by atoms with Gasteiger partial charge in [-0.3, -0.25) is 0 Å². The highest BCUT2D eigenvalue weighted by Crippen LogP contribution is 2.28. The van der Waals surface area contributed by atoms with Gasteiger partial charge in [0.05, 0.1) is 16.8 Å². The molecule has 17 heavy (non-hydrogen) atoms. The minimum absolute atomic E-state index is 0.0212. The van der Waals surface area contributed by atoms with Crippen molar-refractivity contribution in [1.82, 2.24) is 4.98 Å². The van der Waals surface area contributed by atoms with Crippen LogP contribution in [0.4, 0.5) is 0 Å². The molecule has 0 saturated carbocycles. The van der Waals surface area contributed by atoms with Gasteiger partial charge in [0.15, 0.2) is 0 Å². The zero-order valence-corrected chi connectivity index (χ0v) is 12.7. The van der Waals surface area contributed by atoms with E-state index in [0.717, 1.165) is 20.4 Å². The molecule has 0 aliphatic carbocycles. The highest BCUT2D eigenvalue weighted by atomic mass is 79.9. The van der Waals surface area contributed by atoms with Gasteiger partial charge in [-0.1, -0.05) is 15.9 Å². The Labute approximate surface area is 120 Å². The van der Waals surface area contributed by atoms with Crippen LogP contribution in [0.1, 0.15) is 10.7 Å². The first-order chi connectivity index (χ1) is 8.19. The first kappa shape index (κ1) is 13.0. The summed E-state index contributed by atoms with van der Waals surface area (Å²) in [6.45, 7) is 0.378. The molecule has 1 aromatic carbocycles. The fourth-order valence-corrected chi connectivity index (χ4v) is 3.03. The van der Waals surface area contributed by atoms with Crippen LogP contribution < -0.4 is 4.74 Å². The summed E-state index contributed by atoms with van der Waals surface area (Å²) in [7, 11) is 0. The second-order valence-corrected chi connectivity index (χ2v) is 5.97. The fraction of sp³-hybridized carbons (Fsp3) is 0.182. The predicted molar refractivity (Wildman–Crippen MR) is 74.2 cm³/mol. The molecule has 0 aliphatic rings. The Hall–Kier alpha value is -0.430. The van der Waals surface area contributed by atoms with Crippen molar-refractivity contribution in [3.8, 4) is 5.75 Å². The van der Waals surface area contributed by atoms with E-state index >= 15 is 0 Å². The Morgan fingerprint density at radius 2 is 2.18 bits per heavy atom. The molecule has 1 aromatic heterocycles. The van der Waals surface area contributed by atoms with E-state index in [0.29, 0.717) is 11.6 Å². The molecule has 0 amide bonds. The Bertz CT molecular complexity index is 516. The van der Waals surface area contributed by atoms with Crippen molar-refractivity contribution in [3.05, 3.63) is 43.2 Å². The summed E-state index contributed by atoms with van der Waals surface area (Å²) in [6.07, 6.45) is 0. The number of hydrogen-bond donors (Lipinski definition) is 1. The van der Waals surface area contributed by atoms with Crippen LogP contribution in [-0.2, 0) is 13.2 Å². The minimum atomic E-state index is -0.0212. The molecule has 0 saturated heterocycles. The molecule has 2 aromatic rings. The fourth-order valence-electron chi connectivity index (χ4n) is 1.23. The van der Waals surface area contributed by atoms with Gasteiger partial charge in [0.2, 0.25) is 0 Å². The van der Waals surface area contributed by atoms with Crippen LogP contribution in [0.2, 0.25) is 0 Å². The van der Waals surface area contributed by atoms with Gasteiger partial charge in [0.25, 0.3) is 0 Å². The summed E-state index contributed by atoms with van der Waals surface area (Å²) in [5.74, 6) is 0.770. The number of nitrogens with zero attached hydrogens (tertiary/aromatic N) is 1. The summed E-state index contributed by atoms with van der Waals surface area (Å²) in [5, 5.41) is 11.5. The molecule has 0 atom stereocenters. The van der Waals surface area contributed by atoms with Crippen molar-refractivity contribution in [3.63, 3.8) is 0 Å². The third-order valence-corrected chi connectivity index (χ3v) is 4.00. The number of aliphatic hydroxyl groups is 1. The number of hydrogen-bond acceptors (Lipinski definition) is 4. The summed E-state index contributed by atoms with van der Waals surface area (Å²) >= 11 is 8.24. The smallest absolute Gasteiger partial charge is 0.134 e. The lowest BCUT2D eigenvalue weighted by Crippen LogP contribution is -1.96. The van der Waals surface area contributed by atoms with Crippen molar-refractivity contribution in [2.24, 2.45) is 0 Å². The van der Waals surface area contributed by atoms with Crippen molar-refractivity contribution < 1.29 is 9.84 Å². The molecule has 2 rings (SSSR count). The van der Waals surface area contributed by atoms with Gasteiger partial charge in [-0.05, 0) is 34.1 Å². The quantitative estimate of drug-likeness (QED) is 0.881. The lowest BCUT2D eigenvalue weighted by atomic mass is 10.3. The van der Waals surface area contributed by atoms with Crippen LogP contribution in [0.15, 0.2) is 32.5 Å². The molecule has 3 nitrogen and oxygen atoms in total. The minimum Gasteiger partial charge on any atom is -0.486 e. The molecule has 1 heterocycles. The number of aliphatic hydroxyl groups excluding tert-OH is 1. The molecule has 90 valence electrons. The number of rotatable bonds is 4. The van der Waals surface area contributed by atoms with E-state index in [4.69, 9.17) is 9.84 Å². The van der Waals surface area contributed by atoms with Crippen LogP contribution in [-0.4, -0.2) is 10.1 Å². The van der Waals surface area contributed by atoms with Gasteiger partial charge < -0.3 is 9.84 Å². The van der Waals surface area contributed by atoms with Crippen molar-refractivity contribution in [2.45, 2.75) is 13.2 Å². The normalized spacial score (nSPS) is 10.5. The van der Waals surface area contributed by atoms with E-state index in [-0.39, 0.29) is 6.61 Å². The number of halogens is 2. The van der Waals surface area contributed by atoms with Gasteiger partial charge in [0, 0.05) is 9.85 Å². The summed E-state index contributed by atoms with van der Waals surface area (Å²) in [5.41, 5.74) is 0.828. The second kappa shape index (κ2) is 5.95. The Morgan fingerprint density at radius 3 is 2.82 bits per heavy atom. The molecular formula is C11H9Br2NO2S. The van der Waals surface area contributed by atoms with Crippen molar-refractivity contribution in [1.29, 1.82) is 0 Å². The maximum Gasteiger partial charge on any atom is 0.134 e. The van der Waals surface area contributed by atoms with Crippen LogP contribution in [0.3, 0.4) is 0 Å². The summed E-state index contributed by atoms with van der Waals surface area (Å²) < 4.78 is 7.52. The average Bonchev–Trinajstić information content (AvgIpc) is 2.76. The third kappa shape index (κ3) is 3.51. The van der Waals surface area contributed by atoms with Crippen LogP contribution in [0.25, 0.3) is 0 Å². The number of thiazole rings is 1. The lowest BCUT2D eigenvalue weighted by molar-refractivity contribution is 0.277. The maximum absolute atomic E-state index is 8.91. The topological polar surface area (TPSA) is 42.4 Å². The van der Waals surface area contributed by atoms with Gasteiger partial charge >= 0.3 is 0 Å². The molecule has 0 fully saturated rings.